The third kappa shape index (κ3) is 2.22. The SMILES string of the molecule is CCc1ccc(Br)cc1C(=O)N1CCCn2nnnc21. The quantitative estimate of drug-likeness (QED) is 0.842. The molecule has 104 valence electrons. The van der Waals surface area contributed by atoms with Gasteiger partial charge in [0.2, 0.25) is 0 Å². The van der Waals surface area contributed by atoms with Crippen LogP contribution in [0.25, 0.3) is 0 Å². The molecule has 0 radical (unpaired) electrons. The summed E-state index contributed by atoms with van der Waals surface area (Å²) in [5, 5.41) is 11.5. The van der Waals surface area contributed by atoms with Crippen LogP contribution in [0.3, 0.4) is 0 Å². The minimum Gasteiger partial charge on any atom is -0.275 e. The number of anilines is 1. The van der Waals surface area contributed by atoms with Crippen molar-refractivity contribution < 1.29 is 4.79 Å². The molecule has 0 aliphatic carbocycles. The molecule has 0 saturated carbocycles. The molecule has 6 nitrogen and oxygen atoms in total. The molecule has 7 heteroatoms. The minimum absolute atomic E-state index is 0.0427. The number of tetrazole rings is 1. The van der Waals surface area contributed by atoms with E-state index in [0.29, 0.717) is 18.1 Å². The molecular weight excluding hydrogens is 322 g/mol. The van der Waals surface area contributed by atoms with E-state index in [1.807, 2.05) is 25.1 Å². The molecule has 0 fully saturated rings. The summed E-state index contributed by atoms with van der Waals surface area (Å²) in [7, 11) is 0. The number of aromatic nitrogens is 4. The van der Waals surface area contributed by atoms with E-state index in [1.54, 1.807) is 9.58 Å². The average Bonchev–Trinajstić information content (AvgIpc) is 2.94. The first-order valence-electron chi connectivity index (χ1n) is 6.57. The Balaban J connectivity index is 2.01. The Kier molecular flexibility index (Phi) is 3.52. The molecule has 0 atom stereocenters. The summed E-state index contributed by atoms with van der Waals surface area (Å²) in [4.78, 5) is 14.4. The number of carbonyl (C=O) groups excluding carboxylic acids is 1. The molecule has 20 heavy (non-hydrogen) atoms. The molecule has 1 aliphatic heterocycles. The number of halogens is 1. The summed E-state index contributed by atoms with van der Waals surface area (Å²) in [5.74, 6) is 0.488. The lowest BCUT2D eigenvalue weighted by atomic mass is 10.0. The molecule has 0 unspecified atom stereocenters. The Morgan fingerprint density at radius 1 is 1.40 bits per heavy atom. The largest absolute Gasteiger partial charge is 0.275 e. The first kappa shape index (κ1) is 13.2. The van der Waals surface area contributed by atoms with Crippen molar-refractivity contribution in [2.24, 2.45) is 0 Å². The van der Waals surface area contributed by atoms with Gasteiger partial charge in [-0.25, -0.2) is 4.68 Å². The van der Waals surface area contributed by atoms with Crippen molar-refractivity contribution >= 4 is 27.8 Å². The van der Waals surface area contributed by atoms with Crippen molar-refractivity contribution in [2.45, 2.75) is 26.3 Å². The van der Waals surface area contributed by atoms with Crippen LogP contribution in [0.1, 0.15) is 29.3 Å². The van der Waals surface area contributed by atoms with Crippen LogP contribution in [0.4, 0.5) is 5.95 Å². The lowest BCUT2D eigenvalue weighted by Gasteiger charge is -2.26. The molecule has 2 heterocycles. The number of nitrogens with zero attached hydrogens (tertiary/aromatic N) is 5. The molecule has 0 spiro atoms. The number of hydrogen-bond acceptors (Lipinski definition) is 4. The fraction of sp³-hybridized carbons (Fsp3) is 0.385. The molecule has 1 aliphatic rings. The highest BCUT2D eigenvalue weighted by atomic mass is 79.9. The molecule has 1 amide bonds. The highest BCUT2D eigenvalue weighted by Crippen LogP contribution is 2.23. The van der Waals surface area contributed by atoms with Crippen molar-refractivity contribution in [1.29, 1.82) is 0 Å². The van der Waals surface area contributed by atoms with Crippen LogP contribution < -0.4 is 4.90 Å². The smallest absolute Gasteiger partial charge is 0.260 e. The number of benzene rings is 1. The average molecular weight is 336 g/mol. The fourth-order valence-electron chi connectivity index (χ4n) is 2.41. The van der Waals surface area contributed by atoms with Crippen molar-refractivity contribution in [3.63, 3.8) is 0 Å². The molecule has 0 N–H and O–H groups in total. The van der Waals surface area contributed by atoms with Crippen LogP contribution in [0.5, 0.6) is 0 Å². The van der Waals surface area contributed by atoms with E-state index in [0.717, 1.165) is 29.4 Å². The zero-order chi connectivity index (χ0) is 14.1. The standard InChI is InChI=1S/C13H14BrN5O/c1-2-9-4-5-10(14)8-11(9)12(20)18-6-3-7-19-13(18)15-16-17-19/h4-5,8H,2-3,6-7H2,1H3. The van der Waals surface area contributed by atoms with Gasteiger partial charge in [0.25, 0.3) is 11.9 Å². The van der Waals surface area contributed by atoms with Gasteiger partial charge in [-0.3, -0.25) is 9.69 Å². The maximum atomic E-state index is 12.8. The van der Waals surface area contributed by atoms with Gasteiger partial charge in [-0.1, -0.05) is 34.0 Å². The minimum atomic E-state index is -0.0427. The van der Waals surface area contributed by atoms with Crippen molar-refractivity contribution in [3.05, 3.63) is 33.8 Å². The molecule has 2 aromatic rings. The van der Waals surface area contributed by atoms with E-state index in [9.17, 15) is 4.79 Å². The van der Waals surface area contributed by atoms with E-state index in [2.05, 4.69) is 31.5 Å². The van der Waals surface area contributed by atoms with Crippen LogP contribution in [0.15, 0.2) is 22.7 Å². The molecule has 0 saturated heterocycles. The zero-order valence-electron chi connectivity index (χ0n) is 11.1. The fourth-order valence-corrected chi connectivity index (χ4v) is 2.77. The van der Waals surface area contributed by atoms with Gasteiger partial charge < -0.3 is 0 Å². The van der Waals surface area contributed by atoms with Gasteiger partial charge in [-0.05, 0) is 41.0 Å². The lowest BCUT2D eigenvalue weighted by Crippen LogP contribution is -2.38. The summed E-state index contributed by atoms with van der Waals surface area (Å²) >= 11 is 3.43. The van der Waals surface area contributed by atoms with E-state index in [-0.39, 0.29) is 5.91 Å². The van der Waals surface area contributed by atoms with Crippen molar-refractivity contribution in [1.82, 2.24) is 20.2 Å². The Hall–Kier alpha value is -1.76. The maximum Gasteiger partial charge on any atom is 0.260 e. The number of fused-ring (bicyclic) bond motifs is 1. The third-order valence-corrected chi connectivity index (χ3v) is 3.93. The second kappa shape index (κ2) is 5.32. The first-order valence-corrected chi connectivity index (χ1v) is 7.36. The third-order valence-electron chi connectivity index (χ3n) is 3.43. The van der Waals surface area contributed by atoms with E-state index in [4.69, 9.17) is 0 Å². The van der Waals surface area contributed by atoms with E-state index in [1.165, 1.54) is 0 Å². The first-order chi connectivity index (χ1) is 9.70. The molecule has 3 rings (SSSR count). The summed E-state index contributed by atoms with van der Waals surface area (Å²) < 4.78 is 2.57. The van der Waals surface area contributed by atoms with Gasteiger partial charge in [-0.15, -0.1) is 0 Å². The van der Waals surface area contributed by atoms with Gasteiger partial charge in [0, 0.05) is 23.1 Å². The number of rotatable bonds is 2. The van der Waals surface area contributed by atoms with E-state index >= 15 is 0 Å². The Labute approximate surface area is 124 Å². The second-order valence-electron chi connectivity index (χ2n) is 4.67. The second-order valence-corrected chi connectivity index (χ2v) is 5.58. The van der Waals surface area contributed by atoms with Crippen molar-refractivity contribution in [3.8, 4) is 0 Å². The molecule has 1 aromatic carbocycles. The Morgan fingerprint density at radius 2 is 2.25 bits per heavy atom. The molecule has 1 aromatic heterocycles. The Morgan fingerprint density at radius 3 is 3.05 bits per heavy atom. The Bertz CT molecular complexity index is 654. The van der Waals surface area contributed by atoms with Gasteiger partial charge in [0.15, 0.2) is 0 Å². The van der Waals surface area contributed by atoms with Gasteiger partial charge in [-0.2, -0.15) is 0 Å². The van der Waals surface area contributed by atoms with Gasteiger partial charge in [0.05, 0.1) is 0 Å². The predicted molar refractivity (Wildman–Crippen MR) is 77.6 cm³/mol. The van der Waals surface area contributed by atoms with E-state index < -0.39 is 0 Å². The summed E-state index contributed by atoms with van der Waals surface area (Å²) in [6, 6.07) is 5.80. The van der Waals surface area contributed by atoms with Crippen LogP contribution in [0.2, 0.25) is 0 Å². The molecular formula is C13H14BrN5O. The molecule has 0 bridgehead atoms. The topological polar surface area (TPSA) is 63.9 Å². The summed E-state index contributed by atoms with van der Waals surface area (Å²) in [5.41, 5.74) is 1.74. The predicted octanol–water partition coefficient (Wildman–Crippen LogP) is 2.05. The van der Waals surface area contributed by atoms with Gasteiger partial charge in [0.1, 0.15) is 0 Å². The summed E-state index contributed by atoms with van der Waals surface area (Å²) in [6.07, 6.45) is 1.67. The van der Waals surface area contributed by atoms with Crippen LogP contribution in [0, 0.1) is 0 Å². The highest BCUT2D eigenvalue weighted by Gasteiger charge is 2.27. The normalized spacial score (nSPS) is 14.2. The lowest BCUT2D eigenvalue weighted by molar-refractivity contribution is 0.0979. The van der Waals surface area contributed by atoms with Crippen LogP contribution in [-0.2, 0) is 13.0 Å². The van der Waals surface area contributed by atoms with Crippen LogP contribution >= 0.6 is 15.9 Å². The number of hydrogen-bond donors (Lipinski definition) is 0. The number of amides is 1. The van der Waals surface area contributed by atoms with Gasteiger partial charge >= 0.3 is 0 Å². The van der Waals surface area contributed by atoms with Crippen LogP contribution in [-0.4, -0.2) is 32.7 Å². The number of aryl methyl sites for hydroxylation is 2. The summed E-state index contributed by atoms with van der Waals surface area (Å²) in [6.45, 7) is 3.44. The van der Waals surface area contributed by atoms with Crippen molar-refractivity contribution in [2.75, 3.05) is 11.4 Å². The highest BCUT2D eigenvalue weighted by molar-refractivity contribution is 9.10. The number of carbonyl (C=O) groups is 1. The monoisotopic (exact) mass is 335 g/mol. The zero-order valence-corrected chi connectivity index (χ0v) is 12.7. The maximum absolute atomic E-state index is 12.8.